The largest absolute Gasteiger partial charge is 0.460 e. The molecule has 2 saturated heterocycles. The number of ether oxygens (including phenoxy) is 4. The molecule has 0 aromatic heterocycles. The molecule has 0 spiro atoms. The van der Waals surface area contributed by atoms with E-state index in [1.165, 1.54) is 13.8 Å². The molecule has 2 aliphatic rings. The predicted molar refractivity (Wildman–Crippen MR) is 75.5 cm³/mol. The van der Waals surface area contributed by atoms with Gasteiger partial charge < -0.3 is 24.1 Å². The summed E-state index contributed by atoms with van der Waals surface area (Å²) in [7, 11) is 0. The van der Waals surface area contributed by atoms with Gasteiger partial charge in [0, 0.05) is 0 Å². The van der Waals surface area contributed by atoms with E-state index >= 15 is 0 Å². The van der Waals surface area contributed by atoms with Crippen LogP contribution >= 0.6 is 0 Å². The van der Waals surface area contributed by atoms with Crippen molar-refractivity contribution in [2.75, 3.05) is 6.61 Å². The second-order valence-corrected chi connectivity index (χ2v) is 6.87. The molecule has 2 aliphatic heterocycles. The van der Waals surface area contributed by atoms with E-state index < -0.39 is 67.0 Å². The van der Waals surface area contributed by atoms with Crippen molar-refractivity contribution in [2.45, 2.75) is 74.3 Å². The normalized spacial score (nSPS) is 31.6. The van der Waals surface area contributed by atoms with Crippen molar-refractivity contribution in [3.05, 3.63) is 12.7 Å². The van der Waals surface area contributed by atoms with Crippen molar-refractivity contribution in [1.82, 2.24) is 0 Å². The molecule has 29 heavy (non-hydrogen) atoms. The van der Waals surface area contributed by atoms with Crippen LogP contribution in [0.15, 0.2) is 12.7 Å². The van der Waals surface area contributed by atoms with Crippen LogP contribution in [-0.4, -0.2) is 72.2 Å². The van der Waals surface area contributed by atoms with Crippen LogP contribution in [0, 0.1) is 0 Å². The third-order valence-electron chi connectivity index (χ3n) is 4.29. The first-order valence-electron chi connectivity index (χ1n) is 8.02. The highest BCUT2D eigenvalue weighted by Crippen LogP contribution is 2.55. The van der Waals surface area contributed by atoms with Gasteiger partial charge in [-0.05, 0) is 13.8 Å². The number of fused-ring (bicyclic) bond motifs is 1. The summed E-state index contributed by atoms with van der Waals surface area (Å²) in [5, 5.41) is 9.72. The molecule has 5 nitrogen and oxygen atoms in total. The second-order valence-electron chi connectivity index (χ2n) is 6.87. The monoisotopic (exact) mass is 448 g/mol. The summed E-state index contributed by atoms with van der Waals surface area (Å²) >= 11 is 0. The van der Waals surface area contributed by atoms with Gasteiger partial charge in [-0.3, -0.25) is 0 Å². The first-order chi connectivity index (χ1) is 12.9. The van der Waals surface area contributed by atoms with E-state index in [1.54, 1.807) is 0 Å². The lowest BCUT2D eigenvalue weighted by Gasteiger charge is -2.38. The smallest absolute Gasteiger partial charge is 0.384 e. The average Bonchev–Trinajstić information content (AvgIpc) is 3.02. The zero-order valence-electron chi connectivity index (χ0n) is 14.9. The van der Waals surface area contributed by atoms with Gasteiger partial charge >= 0.3 is 23.9 Å². The Bertz CT molecular complexity index is 622. The lowest BCUT2D eigenvalue weighted by Crippen LogP contribution is -2.67. The molecule has 2 rings (SSSR count). The van der Waals surface area contributed by atoms with E-state index in [1.807, 2.05) is 0 Å². The molecule has 0 amide bonds. The van der Waals surface area contributed by atoms with Gasteiger partial charge in [0.25, 0.3) is 0 Å². The number of hydrogen-bond acceptors (Lipinski definition) is 5. The molecule has 0 unspecified atom stereocenters. The number of rotatable bonds is 7. The molecule has 2 heterocycles. The Morgan fingerprint density at radius 2 is 1.59 bits per heavy atom. The van der Waals surface area contributed by atoms with Gasteiger partial charge in [-0.15, -0.1) is 6.58 Å². The SMILES string of the molecule is C=CCO[C@@H]1[C@H]2OC(C)(C)O[C@H]2O[C@@H]1[C@@H](O)C(F)(F)C(F)(F)C(F)(F)C(F)(F)F. The van der Waals surface area contributed by atoms with Gasteiger partial charge in [-0.2, -0.15) is 39.5 Å². The van der Waals surface area contributed by atoms with Crippen LogP contribution < -0.4 is 0 Å². The van der Waals surface area contributed by atoms with Gasteiger partial charge in [0.2, 0.25) is 0 Å². The molecule has 0 aliphatic carbocycles. The lowest BCUT2D eigenvalue weighted by molar-refractivity contribution is -0.410. The minimum atomic E-state index is -7.15. The fraction of sp³-hybridized carbons (Fsp3) is 0.867. The third-order valence-corrected chi connectivity index (χ3v) is 4.29. The fourth-order valence-electron chi connectivity index (χ4n) is 2.91. The average molecular weight is 448 g/mol. The first kappa shape index (κ1) is 24.2. The van der Waals surface area contributed by atoms with Crippen LogP contribution in [0.5, 0.6) is 0 Å². The Balaban J connectivity index is 2.35. The number of alkyl halides is 9. The molecule has 0 radical (unpaired) electrons. The maximum Gasteiger partial charge on any atom is 0.460 e. The number of halogens is 9. The molecule has 2 fully saturated rings. The Morgan fingerprint density at radius 3 is 2.07 bits per heavy atom. The van der Waals surface area contributed by atoms with E-state index in [-0.39, 0.29) is 0 Å². The quantitative estimate of drug-likeness (QED) is 0.479. The fourth-order valence-corrected chi connectivity index (χ4v) is 2.91. The Hall–Kier alpha value is -1.09. The molecular weight excluding hydrogens is 431 g/mol. The van der Waals surface area contributed by atoms with Crippen molar-refractivity contribution in [1.29, 1.82) is 0 Å². The summed E-state index contributed by atoms with van der Waals surface area (Å²) in [5.41, 5.74) is 0. The van der Waals surface area contributed by atoms with E-state index in [0.29, 0.717) is 0 Å². The zero-order valence-corrected chi connectivity index (χ0v) is 14.9. The predicted octanol–water partition coefficient (Wildman–Crippen LogP) is 3.26. The molecule has 0 aromatic rings. The van der Waals surface area contributed by atoms with Gasteiger partial charge in [0.05, 0.1) is 6.61 Å². The first-order valence-corrected chi connectivity index (χ1v) is 8.02. The maximum atomic E-state index is 14.1. The van der Waals surface area contributed by atoms with Gasteiger partial charge in [-0.1, -0.05) is 6.08 Å². The Morgan fingerprint density at radius 1 is 1.03 bits per heavy atom. The summed E-state index contributed by atoms with van der Waals surface area (Å²) in [5.74, 6) is -21.8. The number of aliphatic hydroxyl groups is 1. The van der Waals surface area contributed by atoms with Crippen LogP contribution in [-0.2, 0) is 18.9 Å². The zero-order chi connectivity index (χ0) is 22.6. The Labute approximate surface area is 158 Å². The second kappa shape index (κ2) is 7.25. The molecule has 14 heteroatoms. The van der Waals surface area contributed by atoms with Crippen LogP contribution in [0.3, 0.4) is 0 Å². The molecule has 170 valence electrons. The minimum Gasteiger partial charge on any atom is -0.384 e. The minimum absolute atomic E-state index is 0.398. The van der Waals surface area contributed by atoms with Crippen molar-refractivity contribution < 1.29 is 63.6 Å². The third kappa shape index (κ3) is 3.84. The van der Waals surface area contributed by atoms with Gasteiger partial charge in [0.1, 0.15) is 18.3 Å². The highest BCUT2D eigenvalue weighted by Gasteiger charge is 2.84. The molecule has 0 aromatic carbocycles. The van der Waals surface area contributed by atoms with Crippen molar-refractivity contribution in [3.63, 3.8) is 0 Å². The van der Waals surface area contributed by atoms with E-state index in [9.17, 15) is 44.6 Å². The summed E-state index contributed by atoms with van der Waals surface area (Å²) in [6.45, 7) is 5.61. The molecule has 5 atom stereocenters. The van der Waals surface area contributed by atoms with E-state index in [4.69, 9.17) is 18.9 Å². The van der Waals surface area contributed by atoms with E-state index in [0.717, 1.165) is 6.08 Å². The Kier molecular flexibility index (Phi) is 6.05. The molecule has 0 bridgehead atoms. The number of aliphatic hydroxyl groups excluding tert-OH is 1. The summed E-state index contributed by atoms with van der Waals surface area (Å²) in [4.78, 5) is 0. The van der Waals surface area contributed by atoms with Crippen LogP contribution in [0.4, 0.5) is 39.5 Å². The summed E-state index contributed by atoms with van der Waals surface area (Å²) in [6.07, 6.45) is -16.9. The maximum absolute atomic E-state index is 14.1. The topological polar surface area (TPSA) is 57.2 Å². The summed E-state index contributed by atoms with van der Waals surface area (Å²) < 4.78 is 139. The van der Waals surface area contributed by atoms with Crippen LogP contribution in [0.2, 0.25) is 0 Å². The van der Waals surface area contributed by atoms with Crippen molar-refractivity contribution in [2.24, 2.45) is 0 Å². The van der Waals surface area contributed by atoms with Gasteiger partial charge in [0.15, 0.2) is 18.2 Å². The summed E-state index contributed by atoms with van der Waals surface area (Å²) in [6, 6.07) is 0. The standard InChI is InChI=1S/C15H17F9O5/c1-4-5-26-6-7(27-10-8(6)28-11(2,3)29-10)9(25)12(16,17)13(18,19)14(20,21)15(22,23)24/h4,6-10,25H,1,5H2,2-3H3/t6-,7-,8+,9+,10+/m0/s1. The highest BCUT2D eigenvalue weighted by atomic mass is 19.4. The van der Waals surface area contributed by atoms with E-state index in [2.05, 4.69) is 6.58 Å². The molecule has 1 N–H and O–H groups in total. The lowest BCUT2D eigenvalue weighted by atomic mass is 9.93. The molecule has 0 saturated carbocycles. The van der Waals surface area contributed by atoms with Crippen LogP contribution in [0.1, 0.15) is 13.8 Å². The number of hydrogen-bond donors (Lipinski definition) is 1. The van der Waals surface area contributed by atoms with Crippen LogP contribution in [0.25, 0.3) is 0 Å². The highest BCUT2D eigenvalue weighted by molar-refractivity contribution is 5.08. The van der Waals surface area contributed by atoms with Crippen molar-refractivity contribution >= 4 is 0 Å². The molecular formula is C15H17F9O5. The van der Waals surface area contributed by atoms with Gasteiger partial charge in [-0.25, -0.2) is 0 Å². The van der Waals surface area contributed by atoms with Crippen molar-refractivity contribution in [3.8, 4) is 0 Å².